The van der Waals surface area contributed by atoms with Gasteiger partial charge in [-0.2, -0.15) is 0 Å². The summed E-state index contributed by atoms with van der Waals surface area (Å²) in [5, 5.41) is 20.9. The number of nitrogens with one attached hydrogen (secondary N) is 1. The Balaban J connectivity index is 2.50. The number of nitrogens with two attached hydrogens (primary N) is 1. The van der Waals surface area contributed by atoms with Gasteiger partial charge in [0.1, 0.15) is 5.75 Å². The maximum atomic E-state index is 11.9. The van der Waals surface area contributed by atoms with E-state index in [1.807, 2.05) is 6.92 Å². The predicted octanol–water partition coefficient (Wildman–Crippen LogP) is 0.539. The van der Waals surface area contributed by atoms with Crippen molar-refractivity contribution in [3.05, 3.63) is 29.8 Å². The molecular weight excluding hydrogens is 244 g/mol. The summed E-state index contributed by atoms with van der Waals surface area (Å²) in [6, 6.07) is 5.96. The quantitative estimate of drug-likeness (QED) is 0.579. The van der Waals surface area contributed by atoms with Gasteiger partial charge < -0.3 is 21.3 Å². The van der Waals surface area contributed by atoms with E-state index in [9.17, 15) is 9.90 Å². The monoisotopic (exact) mass is 266 g/mol. The van der Waals surface area contributed by atoms with E-state index >= 15 is 0 Å². The van der Waals surface area contributed by atoms with Crippen LogP contribution in [-0.2, 0) is 11.2 Å². The van der Waals surface area contributed by atoms with Crippen molar-refractivity contribution in [2.75, 3.05) is 6.61 Å². The predicted molar refractivity (Wildman–Crippen MR) is 73.7 cm³/mol. The third kappa shape index (κ3) is 5.28. The molecule has 2 unspecified atom stereocenters. The van der Waals surface area contributed by atoms with Crippen LogP contribution >= 0.6 is 0 Å². The molecule has 19 heavy (non-hydrogen) atoms. The average Bonchev–Trinajstić information content (AvgIpc) is 2.40. The van der Waals surface area contributed by atoms with Crippen LogP contribution in [0.1, 0.15) is 25.3 Å². The molecule has 1 amide bonds. The fraction of sp³-hybridized carbons (Fsp3) is 0.500. The SMILES string of the molecule is CCC(CCO)NC(=O)C(N)Cc1ccc(O)cc1. The number of carbonyl (C=O) groups excluding carboxylic acids is 1. The van der Waals surface area contributed by atoms with Gasteiger partial charge in [-0.1, -0.05) is 19.1 Å². The summed E-state index contributed by atoms with van der Waals surface area (Å²) in [6.45, 7) is 2.00. The van der Waals surface area contributed by atoms with Gasteiger partial charge in [0.05, 0.1) is 6.04 Å². The fourth-order valence-corrected chi connectivity index (χ4v) is 1.82. The number of amides is 1. The number of aliphatic hydroxyl groups is 1. The van der Waals surface area contributed by atoms with Gasteiger partial charge in [-0.3, -0.25) is 4.79 Å². The van der Waals surface area contributed by atoms with Gasteiger partial charge in [-0.25, -0.2) is 0 Å². The molecule has 0 saturated carbocycles. The topological polar surface area (TPSA) is 95.6 Å². The average molecular weight is 266 g/mol. The highest BCUT2D eigenvalue weighted by atomic mass is 16.3. The molecule has 0 aromatic heterocycles. The lowest BCUT2D eigenvalue weighted by molar-refractivity contribution is -0.123. The molecule has 0 aliphatic rings. The number of benzene rings is 1. The number of phenolic OH excluding ortho intramolecular Hbond substituents is 1. The molecule has 0 bridgehead atoms. The maximum absolute atomic E-state index is 11.9. The molecule has 0 fully saturated rings. The summed E-state index contributed by atoms with van der Waals surface area (Å²) >= 11 is 0. The minimum atomic E-state index is -0.628. The van der Waals surface area contributed by atoms with Crippen molar-refractivity contribution >= 4 is 5.91 Å². The minimum absolute atomic E-state index is 0.0385. The van der Waals surface area contributed by atoms with Gasteiger partial charge in [-0.05, 0) is 37.0 Å². The molecule has 1 aromatic carbocycles. The Morgan fingerprint density at radius 1 is 1.37 bits per heavy atom. The zero-order valence-corrected chi connectivity index (χ0v) is 11.2. The van der Waals surface area contributed by atoms with E-state index in [4.69, 9.17) is 10.8 Å². The second-order valence-corrected chi connectivity index (χ2v) is 4.60. The van der Waals surface area contributed by atoms with E-state index in [1.54, 1.807) is 24.3 Å². The lowest BCUT2D eigenvalue weighted by atomic mass is 10.0. The largest absolute Gasteiger partial charge is 0.508 e. The Labute approximate surface area is 113 Å². The zero-order valence-electron chi connectivity index (χ0n) is 11.2. The zero-order chi connectivity index (χ0) is 14.3. The Morgan fingerprint density at radius 2 is 2.00 bits per heavy atom. The lowest BCUT2D eigenvalue weighted by Crippen LogP contribution is -2.46. The molecule has 5 heteroatoms. The van der Waals surface area contributed by atoms with Crippen LogP contribution in [0, 0.1) is 0 Å². The van der Waals surface area contributed by atoms with E-state index in [-0.39, 0.29) is 24.3 Å². The molecule has 5 N–H and O–H groups in total. The molecule has 1 rings (SSSR count). The van der Waals surface area contributed by atoms with Crippen LogP contribution in [0.4, 0.5) is 0 Å². The Bertz CT molecular complexity index is 392. The van der Waals surface area contributed by atoms with Gasteiger partial charge in [-0.15, -0.1) is 0 Å². The second kappa shape index (κ2) is 7.76. The molecule has 0 aliphatic heterocycles. The van der Waals surface area contributed by atoms with Crippen LogP contribution in [0.25, 0.3) is 0 Å². The first-order chi connectivity index (χ1) is 9.06. The minimum Gasteiger partial charge on any atom is -0.508 e. The summed E-state index contributed by atoms with van der Waals surface area (Å²) in [6.07, 6.45) is 1.72. The first-order valence-corrected chi connectivity index (χ1v) is 6.51. The lowest BCUT2D eigenvalue weighted by Gasteiger charge is -2.19. The molecule has 1 aromatic rings. The summed E-state index contributed by atoms with van der Waals surface area (Å²) in [5.74, 6) is -0.0239. The van der Waals surface area contributed by atoms with Gasteiger partial charge in [0, 0.05) is 12.6 Å². The van der Waals surface area contributed by atoms with Crippen molar-refractivity contribution < 1.29 is 15.0 Å². The van der Waals surface area contributed by atoms with E-state index in [2.05, 4.69) is 5.32 Å². The van der Waals surface area contributed by atoms with Crippen LogP contribution in [0.5, 0.6) is 5.75 Å². The Hall–Kier alpha value is -1.59. The van der Waals surface area contributed by atoms with Crippen LogP contribution in [0.2, 0.25) is 0 Å². The summed E-state index contributed by atoms with van der Waals surface area (Å²) < 4.78 is 0. The number of rotatable bonds is 7. The first-order valence-electron chi connectivity index (χ1n) is 6.51. The van der Waals surface area contributed by atoms with Crippen LogP contribution in [0.15, 0.2) is 24.3 Å². The van der Waals surface area contributed by atoms with Gasteiger partial charge in [0.15, 0.2) is 0 Å². The van der Waals surface area contributed by atoms with Crippen molar-refractivity contribution in [1.29, 1.82) is 0 Å². The third-order valence-electron chi connectivity index (χ3n) is 3.05. The van der Waals surface area contributed by atoms with Gasteiger partial charge in [0.25, 0.3) is 0 Å². The number of phenols is 1. The van der Waals surface area contributed by atoms with Crippen molar-refractivity contribution in [2.45, 2.75) is 38.3 Å². The van der Waals surface area contributed by atoms with Crippen molar-refractivity contribution in [2.24, 2.45) is 5.73 Å². The summed E-state index contributed by atoms with van der Waals surface area (Å²) in [7, 11) is 0. The normalized spacial score (nSPS) is 13.8. The number of carbonyl (C=O) groups is 1. The molecule has 106 valence electrons. The Kier molecular flexibility index (Phi) is 6.32. The van der Waals surface area contributed by atoms with Crippen LogP contribution in [-0.4, -0.2) is 34.8 Å². The van der Waals surface area contributed by atoms with Crippen molar-refractivity contribution in [3.8, 4) is 5.75 Å². The highest BCUT2D eigenvalue weighted by Crippen LogP contribution is 2.11. The molecule has 5 nitrogen and oxygen atoms in total. The molecule has 2 atom stereocenters. The Morgan fingerprint density at radius 3 is 2.53 bits per heavy atom. The number of aliphatic hydroxyl groups excluding tert-OH is 1. The molecule has 0 aliphatic carbocycles. The van der Waals surface area contributed by atoms with Crippen LogP contribution < -0.4 is 11.1 Å². The van der Waals surface area contributed by atoms with Gasteiger partial charge >= 0.3 is 0 Å². The highest BCUT2D eigenvalue weighted by Gasteiger charge is 2.17. The summed E-state index contributed by atoms with van der Waals surface area (Å²) in [4.78, 5) is 11.9. The first kappa shape index (κ1) is 15.5. The standard InChI is InChI=1S/C14H22N2O3/c1-2-11(7-8-17)16-14(19)13(15)9-10-3-5-12(18)6-4-10/h3-6,11,13,17-18H,2,7-9,15H2,1H3,(H,16,19). The number of hydrogen-bond donors (Lipinski definition) is 4. The van der Waals surface area contributed by atoms with E-state index in [0.717, 1.165) is 12.0 Å². The molecule has 0 spiro atoms. The molecule has 0 radical (unpaired) electrons. The van der Waals surface area contributed by atoms with Crippen LogP contribution in [0.3, 0.4) is 0 Å². The summed E-state index contributed by atoms with van der Waals surface area (Å²) in [5.41, 5.74) is 6.75. The highest BCUT2D eigenvalue weighted by molar-refractivity contribution is 5.82. The second-order valence-electron chi connectivity index (χ2n) is 4.60. The number of hydrogen-bond acceptors (Lipinski definition) is 4. The maximum Gasteiger partial charge on any atom is 0.237 e. The molecular formula is C14H22N2O3. The fourth-order valence-electron chi connectivity index (χ4n) is 1.82. The van der Waals surface area contributed by atoms with E-state index < -0.39 is 6.04 Å². The van der Waals surface area contributed by atoms with E-state index in [1.165, 1.54) is 0 Å². The number of aromatic hydroxyl groups is 1. The smallest absolute Gasteiger partial charge is 0.237 e. The van der Waals surface area contributed by atoms with E-state index in [0.29, 0.717) is 12.8 Å². The third-order valence-corrected chi connectivity index (χ3v) is 3.05. The van der Waals surface area contributed by atoms with Crippen molar-refractivity contribution in [1.82, 2.24) is 5.32 Å². The van der Waals surface area contributed by atoms with Gasteiger partial charge in [0.2, 0.25) is 5.91 Å². The van der Waals surface area contributed by atoms with Crippen molar-refractivity contribution in [3.63, 3.8) is 0 Å². The molecule has 0 saturated heterocycles. The molecule has 0 heterocycles.